The molecule has 0 fully saturated rings. The van der Waals surface area contributed by atoms with E-state index in [4.69, 9.17) is 11.6 Å². The third kappa shape index (κ3) is 5.51. The van der Waals surface area contributed by atoms with Crippen LogP contribution in [0.25, 0.3) is 0 Å². The Hall–Kier alpha value is -1.07. The molecular weight excluding hydrogens is 320 g/mol. The first-order valence-electron chi connectivity index (χ1n) is 5.48. The van der Waals surface area contributed by atoms with Crippen molar-refractivity contribution in [1.29, 1.82) is 0 Å². The van der Waals surface area contributed by atoms with Gasteiger partial charge in [0, 0.05) is 35.1 Å². The van der Waals surface area contributed by atoms with E-state index in [1.54, 1.807) is 18.2 Å². The molecule has 2 N–H and O–H groups in total. The monoisotopic (exact) mass is 332 g/mol. The Labute approximate surface area is 119 Å². The highest BCUT2D eigenvalue weighted by Gasteiger charge is 2.06. The van der Waals surface area contributed by atoms with Gasteiger partial charge in [0.05, 0.1) is 0 Å². The molecule has 0 heterocycles. The molecule has 0 unspecified atom stereocenters. The smallest absolute Gasteiger partial charge is 0.251 e. The summed E-state index contributed by atoms with van der Waals surface area (Å²) in [4.78, 5) is 22.4. The van der Waals surface area contributed by atoms with Crippen molar-refractivity contribution in [2.24, 2.45) is 0 Å². The lowest BCUT2D eigenvalue weighted by Crippen LogP contribution is -2.28. The predicted molar refractivity (Wildman–Crippen MR) is 74.8 cm³/mol. The molecule has 6 heteroatoms. The zero-order valence-corrected chi connectivity index (χ0v) is 12.3. The first-order valence-corrected chi connectivity index (χ1v) is 6.65. The third-order valence-corrected chi connectivity index (χ3v) is 2.81. The van der Waals surface area contributed by atoms with Gasteiger partial charge >= 0.3 is 0 Å². The van der Waals surface area contributed by atoms with Crippen LogP contribution in [0.2, 0.25) is 5.02 Å². The zero-order chi connectivity index (χ0) is 13.5. The Morgan fingerprint density at radius 1 is 1.22 bits per heavy atom. The second kappa shape index (κ2) is 7.38. The summed E-state index contributed by atoms with van der Waals surface area (Å²) >= 11 is 9.13. The van der Waals surface area contributed by atoms with Crippen molar-refractivity contribution in [2.45, 2.75) is 13.3 Å². The molecule has 1 rings (SSSR count). The standard InChI is InChI=1S/C12H14BrClN2O2/c1-8(17)15-3-2-4-16-12(18)9-5-10(13)7-11(14)6-9/h5-7H,2-4H2,1H3,(H,15,17)(H,16,18). The highest BCUT2D eigenvalue weighted by atomic mass is 79.9. The summed E-state index contributed by atoms with van der Waals surface area (Å²) in [5.74, 6) is -0.249. The molecule has 18 heavy (non-hydrogen) atoms. The molecule has 0 aliphatic carbocycles. The number of nitrogens with one attached hydrogen (secondary N) is 2. The summed E-state index contributed by atoms with van der Waals surface area (Å²) < 4.78 is 0.762. The van der Waals surface area contributed by atoms with E-state index in [2.05, 4.69) is 26.6 Å². The maximum absolute atomic E-state index is 11.8. The normalized spacial score (nSPS) is 9.94. The van der Waals surface area contributed by atoms with Gasteiger partial charge in [0.25, 0.3) is 5.91 Å². The van der Waals surface area contributed by atoms with E-state index < -0.39 is 0 Å². The molecule has 4 nitrogen and oxygen atoms in total. The van der Waals surface area contributed by atoms with Gasteiger partial charge < -0.3 is 10.6 Å². The molecule has 0 saturated carbocycles. The lowest BCUT2D eigenvalue weighted by atomic mass is 10.2. The van der Waals surface area contributed by atoms with Crippen molar-refractivity contribution in [3.8, 4) is 0 Å². The molecule has 0 radical (unpaired) electrons. The van der Waals surface area contributed by atoms with Crippen LogP contribution in [0.1, 0.15) is 23.7 Å². The summed E-state index contributed by atoms with van der Waals surface area (Å²) in [5.41, 5.74) is 0.508. The van der Waals surface area contributed by atoms with Gasteiger partial charge in [0.2, 0.25) is 5.91 Å². The highest BCUT2D eigenvalue weighted by molar-refractivity contribution is 9.10. The molecule has 1 aromatic rings. The first-order chi connectivity index (χ1) is 8.49. The van der Waals surface area contributed by atoms with Gasteiger partial charge in [-0.25, -0.2) is 0 Å². The van der Waals surface area contributed by atoms with Crippen molar-refractivity contribution >= 4 is 39.3 Å². The van der Waals surface area contributed by atoms with Crippen molar-refractivity contribution < 1.29 is 9.59 Å². The van der Waals surface area contributed by atoms with Crippen molar-refractivity contribution in [2.75, 3.05) is 13.1 Å². The maximum Gasteiger partial charge on any atom is 0.251 e. The van der Waals surface area contributed by atoms with Crippen LogP contribution in [-0.4, -0.2) is 24.9 Å². The largest absolute Gasteiger partial charge is 0.356 e. The molecule has 0 aliphatic rings. The molecule has 98 valence electrons. The van der Waals surface area contributed by atoms with E-state index >= 15 is 0 Å². The van der Waals surface area contributed by atoms with E-state index in [1.807, 2.05) is 0 Å². The Kier molecular flexibility index (Phi) is 6.15. The minimum Gasteiger partial charge on any atom is -0.356 e. The molecule has 1 aromatic carbocycles. The Morgan fingerprint density at radius 3 is 2.50 bits per heavy atom. The first kappa shape index (κ1) is 15.0. The van der Waals surface area contributed by atoms with Crippen LogP contribution in [0.3, 0.4) is 0 Å². The second-order valence-corrected chi connectivity index (χ2v) is 5.10. The summed E-state index contributed by atoms with van der Waals surface area (Å²) in [6, 6.07) is 5.03. The number of amides is 2. The predicted octanol–water partition coefficient (Wildman–Crippen LogP) is 2.36. The van der Waals surface area contributed by atoms with Crippen LogP contribution < -0.4 is 10.6 Å². The molecule has 0 aromatic heterocycles. The fourth-order valence-electron chi connectivity index (χ4n) is 1.34. The van der Waals surface area contributed by atoms with Crippen molar-refractivity contribution in [3.05, 3.63) is 33.3 Å². The van der Waals surface area contributed by atoms with Crippen LogP contribution >= 0.6 is 27.5 Å². The summed E-state index contributed by atoms with van der Waals surface area (Å²) in [6.07, 6.45) is 0.688. The fraction of sp³-hybridized carbons (Fsp3) is 0.333. The summed E-state index contributed by atoms with van der Waals surface area (Å²) in [5, 5.41) is 5.92. The van der Waals surface area contributed by atoms with Gasteiger partial charge in [-0.3, -0.25) is 9.59 Å². The number of halogens is 2. The molecule has 0 bridgehead atoms. The topological polar surface area (TPSA) is 58.2 Å². The molecule has 0 spiro atoms. The van der Waals surface area contributed by atoms with Crippen LogP contribution in [0.15, 0.2) is 22.7 Å². The van der Waals surface area contributed by atoms with Gasteiger partial charge in [0.1, 0.15) is 0 Å². The number of benzene rings is 1. The van der Waals surface area contributed by atoms with Crippen LogP contribution in [0, 0.1) is 0 Å². The Balaban J connectivity index is 2.38. The highest BCUT2D eigenvalue weighted by Crippen LogP contribution is 2.19. The number of carbonyl (C=O) groups excluding carboxylic acids is 2. The van der Waals surface area contributed by atoms with E-state index in [1.165, 1.54) is 6.92 Å². The van der Waals surface area contributed by atoms with E-state index in [0.717, 1.165) is 4.47 Å². The van der Waals surface area contributed by atoms with Crippen LogP contribution in [-0.2, 0) is 4.79 Å². The van der Waals surface area contributed by atoms with Gasteiger partial charge in [0.15, 0.2) is 0 Å². The average molecular weight is 334 g/mol. The van der Waals surface area contributed by atoms with Crippen LogP contribution in [0.4, 0.5) is 0 Å². The quantitative estimate of drug-likeness (QED) is 0.813. The molecule has 0 saturated heterocycles. The summed E-state index contributed by atoms with van der Waals surface area (Å²) in [7, 11) is 0. The van der Waals surface area contributed by atoms with E-state index in [-0.39, 0.29) is 11.8 Å². The van der Waals surface area contributed by atoms with Gasteiger partial charge in [-0.05, 0) is 24.6 Å². The van der Waals surface area contributed by atoms with Crippen LogP contribution in [0.5, 0.6) is 0 Å². The molecule has 2 amide bonds. The molecular formula is C12H14BrClN2O2. The minimum atomic E-state index is -0.180. The average Bonchev–Trinajstić information content (AvgIpc) is 2.26. The van der Waals surface area contributed by atoms with E-state index in [9.17, 15) is 9.59 Å². The Bertz CT molecular complexity index is 431. The lowest BCUT2D eigenvalue weighted by Gasteiger charge is -2.06. The SMILES string of the molecule is CC(=O)NCCCNC(=O)c1cc(Cl)cc(Br)c1. The van der Waals surface area contributed by atoms with E-state index in [0.29, 0.717) is 30.1 Å². The molecule has 0 aliphatic heterocycles. The van der Waals surface area contributed by atoms with Gasteiger partial charge in [-0.1, -0.05) is 27.5 Å². The van der Waals surface area contributed by atoms with Crippen molar-refractivity contribution in [1.82, 2.24) is 10.6 Å². The van der Waals surface area contributed by atoms with Crippen molar-refractivity contribution in [3.63, 3.8) is 0 Å². The zero-order valence-electron chi connectivity index (χ0n) is 9.93. The maximum atomic E-state index is 11.8. The third-order valence-electron chi connectivity index (χ3n) is 2.14. The number of carbonyl (C=O) groups is 2. The minimum absolute atomic E-state index is 0.0694. The number of rotatable bonds is 5. The second-order valence-electron chi connectivity index (χ2n) is 3.75. The van der Waals surface area contributed by atoms with Gasteiger partial charge in [-0.15, -0.1) is 0 Å². The number of hydrogen-bond donors (Lipinski definition) is 2. The number of hydrogen-bond acceptors (Lipinski definition) is 2. The lowest BCUT2D eigenvalue weighted by molar-refractivity contribution is -0.118. The Morgan fingerprint density at radius 2 is 1.89 bits per heavy atom. The molecule has 0 atom stereocenters. The summed E-state index contributed by atoms with van der Waals surface area (Å²) in [6.45, 7) is 2.51. The fourth-order valence-corrected chi connectivity index (χ4v) is 2.20. The van der Waals surface area contributed by atoms with Gasteiger partial charge in [-0.2, -0.15) is 0 Å².